The highest BCUT2D eigenvalue weighted by Gasteiger charge is 2.32. The van der Waals surface area contributed by atoms with Gasteiger partial charge in [0.05, 0.1) is 0 Å². The monoisotopic (exact) mass is 202 g/mol. The summed E-state index contributed by atoms with van der Waals surface area (Å²) in [5, 5.41) is 12.2. The van der Waals surface area contributed by atoms with Gasteiger partial charge in [-0.1, -0.05) is 0 Å². The van der Waals surface area contributed by atoms with Gasteiger partial charge in [0.1, 0.15) is 5.54 Å². The predicted octanol–water partition coefficient (Wildman–Crippen LogP) is 0.779. The standard InChI is InChI=1S/C10H22N2O2/c1-8(2)11-10(3,9(13)14)6-7-12(4)5/h8,11H,6-7H2,1-5H3,(H,13,14). The average molecular weight is 202 g/mol. The number of carboxylic acids is 1. The fourth-order valence-corrected chi connectivity index (χ4v) is 1.33. The third-order valence-corrected chi connectivity index (χ3v) is 2.14. The van der Waals surface area contributed by atoms with Crippen molar-refractivity contribution in [1.82, 2.24) is 10.2 Å². The fourth-order valence-electron chi connectivity index (χ4n) is 1.33. The highest BCUT2D eigenvalue weighted by atomic mass is 16.4. The highest BCUT2D eigenvalue weighted by Crippen LogP contribution is 2.11. The Morgan fingerprint density at radius 3 is 2.29 bits per heavy atom. The van der Waals surface area contributed by atoms with Crippen molar-refractivity contribution in [2.24, 2.45) is 0 Å². The summed E-state index contributed by atoms with van der Waals surface area (Å²) in [5.74, 6) is -0.784. The second-order valence-corrected chi connectivity index (χ2v) is 4.49. The molecule has 84 valence electrons. The first-order valence-corrected chi connectivity index (χ1v) is 4.94. The van der Waals surface area contributed by atoms with Crippen LogP contribution in [0.2, 0.25) is 0 Å². The van der Waals surface area contributed by atoms with E-state index in [4.69, 9.17) is 5.11 Å². The van der Waals surface area contributed by atoms with Gasteiger partial charge in [-0.3, -0.25) is 10.1 Å². The molecule has 0 aliphatic heterocycles. The van der Waals surface area contributed by atoms with Crippen LogP contribution in [0.25, 0.3) is 0 Å². The third kappa shape index (κ3) is 4.58. The van der Waals surface area contributed by atoms with Crippen molar-refractivity contribution in [3.05, 3.63) is 0 Å². The normalized spacial score (nSPS) is 15.9. The first kappa shape index (κ1) is 13.4. The molecule has 2 N–H and O–H groups in total. The quantitative estimate of drug-likeness (QED) is 0.668. The maximum atomic E-state index is 11.1. The van der Waals surface area contributed by atoms with E-state index in [0.717, 1.165) is 6.54 Å². The summed E-state index contributed by atoms with van der Waals surface area (Å²) in [6, 6.07) is 0.179. The van der Waals surface area contributed by atoms with Crippen LogP contribution in [-0.2, 0) is 4.79 Å². The molecule has 4 nitrogen and oxygen atoms in total. The van der Waals surface area contributed by atoms with E-state index in [1.165, 1.54) is 0 Å². The van der Waals surface area contributed by atoms with Gasteiger partial charge >= 0.3 is 5.97 Å². The Morgan fingerprint density at radius 2 is 2.00 bits per heavy atom. The molecule has 0 bridgehead atoms. The van der Waals surface area contributed by atoms with E-state index in [-0.39, 0.29) is 6.04 Å². The number of carbonyl (C=O) groups is 1. The molecule has 0 aromatic heterocycles. The van der Waals surface area contributed by atoms with E-state index >= 15 is 0 Å². The van der Waals surface area contributed by atoms with Crippen LogP contribution in [0.3, 0.4) is 0 Å². The van der Waals surface area contributed by atoms with Crippen LogP contribution in [0.5, 0.6) is 0 Å². The molecule has 0 saturated carbocycles. The van der Waals surface area contributed by atoms with Crippen molar-refractivity contribution in [3.63, 3.8) is 0 Å². The van der Waals surface area contributed by atoms with E-state index in [0.29, 0.717) is 6.42 Å². The Hall–Kier alpha value is -0.610. The summed E-state index contributed by atoms with van der Waals surface area (Å²) < 4.78 is 0. The molecule has 0 saturated heterocycles. The zero-order chi connectivity index (χ0) is 11.4. The Kier molecular flexibility index (Phi) is 5.08. The third-order valence-electron chi connectivity index (χ3n) is 2.14. The number of carboxylic acid groups (broad SMARTS) is 1. The Balaban J connectivity index is 4.32. The van der Waals surface area contributed by atoms with Crippen molar-refractivity contribution >= 4 is 5.97 Å². The molecule has 0 heterocycles. The van der Waals surface area contributed by atoms with Gasteiger partial charge in [0, 0.05) is 6.04 Å². The lowest BCUT2D eigenvalue weighted by Gasteiger charge is -2.29. The topological polar surface area (TPSA) is 52.6 Å². The molecule has 1 atom stereocenters. The fraction of sp³-hybridized carbons (Fsp3) is 0.900. The van der Waals surface area contributed by atoms with E-state index in [1.807, 2.05) is 32.8 Å². The molecule has 1 unspecified atom stereocenters. The molecule has 0 aromatic rings. The van der Waals surface area contributed by atoms with Crippen LogP contribution in [0.4, 0.5) is 0 Å². The van der Waals surface area contributed by atoms with Crippen molar-refractivity contribution < 1.29 is 9.90 Å². The molecule has 14 heavy (non-hydrogen) atoms. The van der Waals surface area contributed by atoms with E-state index in [9.17, 15) is 4.79 Å². The number of nitrogens with one attached hydrogen (secondary N) is 1. The molecule has 0 fully saturated rings. The van der Waals surface area contributed by atoms with Crippen LogP contribution in [-0.4, -0.2) is 48.2 Å². The summed E-state index contributed by atoms with van der Waals surface area (Å²) in [5.41, 5.74) is -0.821. The van der Waals surface area contributed by atoms with Gasteiger partial charge in [0.15, 0.2) is 0 Å². The lowest BCUT2D eigenvalue weighted by Crippen LogP contribution is -2.53. The van der Waals surface area contributed by atoms with E-state index in [1.54, 1.807) is 6.92 Å². The second kappa shape index (κ2) is 5.32. The molecule has 0 aromatic carbocycles. The minimum absolute atomic E-state index is 0.179. The van der Waals surface area contributed by atoms with E-state index in [2.05, 4.69) is 5.32 Å². The number of rotatable bonds is 6. The van der Waals surface area contributed by atoms with Crippen molar-refractivity contribution in [1.29, 1.82) is 0 Å². The van der Waals surface area contributed by atoms with Crippen molar-refractivity contribution in [2.75, 3.05) is 20.6 Å². The Labute approximate surface area is 86.3 Å². The van der Waals surface area contributed by atoms with Crippen molar-refractivity contribution in [2.45, 2.75) is 38.8 Å². The summed E-state index contributed by atoms with van der Waals surface area (Å²) in [4.78, 5) is 13.1. The first-order chi connectivity index (χ1) is 6.28. The molecule has 0 aliphatic rings. The van der Waals surface area contributed by atoms with Gasteiger partial charge < -0.3 is 10.0 Å². The number of hydrogen-bond donors (Lipinski definition) is 2. The SMILES string of the molecule is CC(C)NC(C)(CCN(C)C)C(=O)O. The van der Waals surface area contributed by atoms with Crippen LogP contribution in [0.15, 0.2) is 0 Å². The van der Waals surface area contributed by atoms with Gasteiger partial charge in [-0.25, -0.2) is 0 Å². The zero-order valence-electron chi connectivity index (χ0n) is 9.79. The molecular weight excluding hydrogens is 180 g/mol. The molecule has 0 amide bonds. The highest BCUT2D eigenvalue weighted by molar-refractivity contribution is 5.78. The average Bonchev–Trinajstić information content (AvgIpc) is 1.99. The maximum Gasteiger partial charge on any atom is 0.323 e. The predicted molar refractivity (Wildman–Crippen MR) is 57.5 cm³/mol. The minimum Gasteiger partial charge on any atom is -0.480 e. The maximum absolute atomic E-state index is 11.1. The van der Waals surface area contributed by atoms with Crippen LogP contribution < -0.4 is 5.32 Å². The molecule has 0 radical (unpaired) electrons. The summed E-state index contributed by atoms with van der Waals surface area (Å²) in [6.45, 7) is 6.41. The summed E-state index contributed by atoms with van der Waals surface area (Å²) in [7, 11) is 3.88. The molecule has 0 aliphatic carbocycles. The lowest BCUT2D eigenvalue weighted by molar-refractivity contribution is -0.144. The number of nitrogens with zero attached hydrogens (tertiary/aromatic N) is 1. The Bertz CT molecular complexity index is 193. The van der Waals surface area contributed by atoms with Crippen LogP contribution in [0.1, 0.15) is 27.2 Å². The van der Waals surface area contributed by atoms with Gasteiger partial charge in [0.2, 0.25) is 0 Å². The lowest BCUT2D eigenvalue weighted by atomic mass is 9.96. The number of hydrogen-bond acceptors (Lipinski definition) is 3. The molecule has 0 spiro atoms. The van der Waals surface area contributed by atoms with Gasteiger partial charge in [-0.15, -0.1) is 0 Å². The number of aliphatic carboxylic acids is 1. The van der Waals surface area contributed by atoms with Crippen molar-refractivity contribution in [3.8, 4) is 0 Å². The second-order valence-electron chi connectivity index (χ2n) is 4.49. The minimum atomic E-state index is -0.821. The largest absolute Gasteiger partial charge is 0.480 e. The Morgan fingerprint density at radius 1 is 1.50 bits per heavy atom. The summed E-state index contributed by atoms with van der Waals surface area (Å²) >= 11 is 0. The van der Waals surface area contributed by atoms with E-state index < -0.39 is 11.5 Å². The summed E-state index contributed by atoms with van der Waals surface area (Å²) in [6.07, 6.45) is 0.605. The van der Waals surface area contributed by atoms with Crippen LogP contribution in [0, 0.1) is 0 Å². The van der Waals surface area contributed by atoms with Gasteiger partial charge in [-0.05, 0) is 47.8 Å². The van der Waals surface area contributed by atoms with Gasteiger partial charge in [-0.2, -0.15) is 0 Å². The molecule has 0 rings (SSSR count). The molecule has 4 heteroatoms. The first-order valence-electron chi connectivity index (χ1n) is 4.94. The smallest absolute Gasteiger partial charge is 0.323 e. The van der Waals surface area contributed by atoms with Gasteiger partial charge in [0.25, 0.3) is 0 Å². The van der Waals surface area contributed by atoms with Crippen LogP contribution >= 0.6 is 0 Å². The molecular formula is C10H22N2O2. The zero-order valence-corrected chi connectivity index (χ0v) is 9.79.